The van der Waals surface area contributed by atoms with E-state index in [-0.39, 0.29) is 6.04 Å². The maximum Gasteiger partial charge on any atom is 0.284 e. The van der Waals surface area contributed by atoms with E-state index in [1.807, 2.05) is 12.1 Å². The van der Waals surface area contributed by atoms with Gasteiger partial charge in [0, 0.05) is 63.5 Å². The third-order valence-corrected chi connectivity index (χ3v) is 4.31. The zero-order valence-electron chi connectivity index (χ0n) is 15.8. The molecule has 0 aliphatic carbocycles. The van der Waals surface area contributed by atoms with Gasteiger partial charge in [0.1, 0.15) is 6.61 Å². The topological polar surface area (TPSA) is 82.5 Å². The van der Waals surface area contributed by atoms with E-state index in [1.54, 1.807) is 6.26 Å². The van der Waals surface area contributed by atoms with E-state index in [1.165, 1.54) is 0 Å². The summed E-state index contributed by atoms with van der Waals surface area (Å²) in [6.07, 6.45) is 1.63. The summed E-state index contributed by atoms with van der Waals surface area (Å²) in [5.74, 6) is 0.568. The van der Waals surface area contributed by atoms with Gasteiger partial charge in [0.15, 0.2) is 0 Å². The molecule has 144 valence electrons. The fourth-order valence-electron chi connectivity index (χ4n) is 2.84. The highest BCUT2D eigenvalue weighted by Crippen LogP contribution is 2.10. The lowest BCUT2D eigenvalue weighted by Crippen LogP contribution is -2.52. The maximum atomic E-state index is 5.76. The van der Waals surface area contributed by atoms with Gasteiger partial charge in [-0.05, 0) is 26.8 Å². The first-order valence-corrected chi connectivity index (χ1v) is 9.44. The van der Waals surface area contributed by atoms with Gasteiger partial charge in [-0.3, -0.25) is 0 Å². The molecule has 2 rings (SSSR count). The van der Waals surface area contributed by atoms with Gasteiger partial charge in [0.2, 0.25) is 0 Å². The van der Waals surface area contributed by atoms with Gasteiger partial charge in [-0.1, -0.05) is 0 Å². The van der Waals surface area contributed by atoms with E-state index in [9.17, 15) is 0 Å². The fraction of sp³-hybridized carbons (Fsp3) is 0.778. The summed E-state index contributed by atoms with van der Waals surface area (Å²) in [7, 11) is 0. The molecule has 4 atom stereocenters. The normalized spacial score (nSPS) is 31.0. The molecule has 0 bridgehead atoms. The Morgan fingerprint density at radius 1 is 0.960 bits per heavy atom. The van der Waals surface area contributed by atoms with E-state index in [4.69, 9.17) is 9.15 Å². The minimum absolute atomic E-state index is 0.213. The van der Waals surface area contributed by atoms with Crippen molar-refractivity contribution in [1.29, 1.82) is 0 Å². The molecular formula is C18H35N5O2. The monoisotopic (exact) mass is 353 g/mol. The first kappa shape index (κ1) is 20.2. The summed E-state index contributed by atoms with van der Waals surface area (Å²) in [6.45, 7) is 12.9. The van der Waals surface area contributed by atoms with Crippen molar-refractivity contribution < 1.29 is 9.15 Å². The van der Waals surface area contributed by atoms with Crippen LogP contribution in [0, 0.1) is 0 Å². The smallest absolute Gasteiger partial charge is 0.284 e. The molecule has 2 heterocycles. The van der Waals surface area contributed by atoms with E-state index in [2.05, 4.69) is 47.4 Å². The molecule has 0 saturated carbocycles. The number of nitrogens with one attached hydrogen (secondary N) is 5. The van der Waals surface area contributed by atoms with Crippen molar-refractivity contribution in [3.63, 3.8) is 0 Å². The van der Waals surface area contributed by atoms with Crippen LogP contribution in [0.4, 0.5) is 0 Å². The summed E-state index contributed by atoms with van der Waals surface area (Å²) in [5, 5.41) is 17.8. The molecule has 25 heavy (non-hydrogen) atoms. The Morgan fingerprint density at radius 2 is 1.64 bits per heavy atom. The van der Waals surface area contributed by atoms with Crippen LogP contribution in [0.3, 0.4) is 0 Å². The Morgan fingerprint density at radius 3 is 2.36 bits per heavy atom. The third-order valence-electron chi connectivity index (χ3n) is 4.31. The Balaban J connectivity index is 1.86. The second-order valence-electron chi connectivity index (χ2n) is 7.03. The zero-order valence-corrected chi connectivity index (χ0v) is 15.8. The second-order valence-corrected chi connectivity index (χ2v) is 7.03. The van der Waals surface area contributed by atoms with E-state index < -0.39 is 0 Å². The van der Waals surface area contributed by atoms with Crippen LogP contribution in [-0.4, -0.2) is 70.0 Å². The summed E-state index contributed by atoms with van der Waals surface area (Å²) in [5.41, 5.74) is 0. The molecular weight excluding hydrogens is 318 g/mol. The highest BCUT2D eigenvalue weighted by atomic mass is 16.6. The van der Waals surface area contributed by atoms with Crippen molar-refractivity contribution in [3.05, 3.63) is 18.4 Å². The second kappa shape index (κ2) is 11.5. The van der Waals surface area contributed by atoms with Gasteiger partial charge in [-0.15, -0.1) is 0 Å². The highest BCUT2D eigenvalue weighted by molar-refractivity contribution is 5.04. The van der Waals surface area contributed by atoms with Crippen molar-refractivity contribution >= 4 is 0 Å². The lowest BCUT2D eigenvalue weighted by Gasteiger charge is -2.25. The average molecular weight is 354 g/mol. The Hall–Kier alpha value is -1.12. The van der Waals surface area contributed by atoms with Crippen molar-refractivity contribution in [2.24, 2.45) is 0 Å². The van der Waals surface area contributed by atoms with E-state index >= 15 is 0 Å². The molecule has 0 radical (unpaired) electrons. The molecule has 0 aromatic carbocycles. The highest BCUT2D eigenvalue weighted by Gasteiger charge is 2.15. The summed E-state index contributed by atoms with van der Waals surface area (Å²) in [4.78, 5) is 0. The lowest BCUT2D eigenvalue weighted by molar-refractivity contribution is 0.200. The van der Waals surface area contributed by atoms with Crippen LogP contribution in [-0.2, 0) is 0 Å². The minimum Gasteiger partial charge on any atom is -0.463 e. The van der Waals surface area contributed by atoms with Crippen LogP contribution < -0.4 is 31.3 Å². The molecule has 1 saturated heterocycles. The Labute approximate surface area is 151 Å². The number of hydrogen-bond donors (Lipinski definition) is 5. The third kappa shape index (κ3) is 8.69. The van der Waals surface area contributed by atoms with E-state index in [0.717, 1.165) is 39.3 Å². The molecule has 5 N–H and O–H groups in total. The lowest BCUT2D eigenvalue weighted by atomic mass is 10.2. The first-order chi connectivity index (χ1) is 12.1. The SMILES string of the molecule is C[C@@H]1CN[C@@H](C)CNCCNC[C@H](C)N[C@@H](COc2ccco2)CN1. The summed E-state index contributed by atoms with van der Waals surface area (Å²) in [6, 6.07) is 5.12. The number of furan rings is 1. The number of ether oxygens (including phenoxy) is 1. The quantitative estimate of drug-likeness (QED) is 0.529. The maximum absolute atomic E-state index is 5.76. The van der Waals surface area contributed by atoms with Gasteiger partial charge >= 0.3 is 0 Å². The van der Waals surface area contributed by atoms with Gasteiger partial charge in [0.05, 0.1) is 12.3 Å². The molecule has 1 aliphatic rings. The molecule has 7 nitrogen and oxygen atoms in total. The summed E-state index contributed by atoms with van der Waals surface area (Å²) < 4.78 is 11.0. The molecule has 0 amide bonds. The molecule has 0 spiro atoms. The number of hydrogen-bond acceptors (Lipinski definition) is 7. The van der Waals surface area contributed by atoms with Crippen LogP contribution in [0.2, 0.25) is 0 Å². The Bertz CT molecular complexity index is 443. The molecule has 7 heteroatoms. The van der Waals surface area contributed by atoms with Crippen molar-refractivity contribution in [2.75, 3.05) is 45.9 Å². The molecule has 0 unspecified atom stereocenters. The fourth-order valence-corrected chi connectivity index (χ4v) is 2.84. The van der Waals surface area contributed by atoms with Crippen molar-refractivity contribution in [1.82, 2.24) is 26.6 Å². The van der Waals surface area contributed by atoms with E-state index in [0.29, 0.717) is 30.7 Å². The largest absolute Gasteiger partial charge is 0.463 e. The Kier molecular flexibility index (Phi) is 9.28. The predicted molar refractivity (Wildman–Crippen MR) is 101 cm³/mol. The molecule has 1 fully saturated rings. The zero-order chi connectivity index (χ0) is 17.9. The van der Waals surface area contributed by atoms with Gasteiger partial charge in [-0.25, -0.2) is 0 Å². The number of rotatable bonds is 3. The average Bonchev–Trinajstić information content (AvgIpc) is 3.11. The molecule has 1 aromatic rings. The van der Waals surface area contributed by atoms with Crippen LogP contribution in [0.25, 0.3) is 0 Å². The summed E-state index contributed by atoms with van der Waals surface area (Å²) >= 11 is 0. The van der Waals surface area contributed by atoms with Crippen LogP contribution >= 0.6 is 0 Å². The van der Waals surface area contributed by atoms with Crippen LogP contribution in [0.5, 0.6) is 5.95 Å². The van der Waals surface area contributed by atoms with Crippen LogP contribution in [0.1, 0.15) is 20.8 Å². The van der Waals surface area contributed by atoms with Gasteiger partial charge in [-0.2, -0.15) is 0 Å². The van der Waals surface area contributed by atoms with Crippen molar-refractivity contribution in [3.8, 4) is 5.95 Å². The first-order valence-electron chi connectivity index (χ1n) is 9.44. The van der Waals surface area contributed by atoms with Gasteiger partial charge < -0.3 is 35.7 Å². The molecule has 1 aromatic heterocycles. The standard InChI is InChI=1S/C18H35N5O2/c1-14-9-19-6-7-20-10-16(3)23-17(12-22-15(2)11-21-14)13-25-18-5-4-8-24-18/h4-5,8,14-17,19-23H,6-7,9-13H2,1-3H3/t14-,15+,16-,17+/m0/s1. The predicted octanol–water partition coefficient (Wildman–Crippen LogP) is 0.154. The minimum atomic E-state index is 0.213. The molecule has 1 aliphatic heterocycles. The van der Waals surface area contributed by atoms with Crippen molar-refractivity contribution in [2.45, 2.75) is 44.9 Å². The van der Waals surface area contributed by atoms with Gasteiger partial charge in [0.25, 0.3) is 5.95 Å². The van der Waals surface area contributed by atoms with Crippen LogP contribution in [0.15, 0.2) is 22.8 Å².